The van der Waals surface area contributed by atoms with Gasteiger partial charge < -0.3 is 4.74 Å². The van der Waals surface area contributed by atoms with Crippen LogP contribution in [-0.4, -0.2) is 12.7 Å². The third-order valence-electron chi connectivity index (χ3n) is 7.39. The molecule has 0 aromatic carbocycles. The van der Waals surface area contributed by atoms with Crippen LogP contribution in [0.3, 0.4) is 0 Å². The van der Waals surface area contributed by atoms with Gasteiger partial charge in [0.05, 0.1) is 6.10 Å². The van der Waals surface area contributed by atoms with Gasteiger partial charge in [-0.25, -0.2) is 0 Å². The molecule has 148 valence electrons. The van der Waals surface area contributed by atoms with Crippen LogP contribution in [0, 0.1) is 29.6 Å². The van der Waals surface area contributed by atoms with Crippen molar-refractivity contribution >= 4 is 0 Å². The van der Waals surface area contributed by atoms with Crippen LogP contribution in [0.4, 0.5) is 0 Å². The van der Waals surface area contributed by atoms with Gasteiger partial charge in [0.1, 0.15) is 0 Å². The summed E-state index contributed by atoms with van der Waals surface area (Å²) in [5.41, 5.74) is 0. The van der Waals surface area contributed by atoms with Crippen LogP contribution < -0.4 is 0 Å². The smallest absolute Gasteiger partial charge is 0.0575 e. The van der Waals surface area contributed by atoms with Crippen molar-refractivity contribution in [2.45, 2.75) is 117 Å². The van der Waals surface area contributed by atoms with Crippen LogP contribution in [-0.2, 0) is 4.74 Å². The van der Waals surface area contributed by atoms with Gasteiger partial charge in [-0.05, 0) is 87.4 Å². The van der Waals surface area contributed by atoms with Gasteiger partial charge >= 0.3 is 0 Å². The fourth-order valence-electron chi connectivity index (χ4n) is 5.48. The molecule has 0 saturated heterocycles. The molecule has 0 spiro atoms. The molecule has 1 nitrogen and oxygen atoms in total. The number of hydrogen-bond donors (Lipinski definition) is 0. The van der Waals surface area contributed by atoms with Gasteiger partial charge in [-0.1, -0.05) is 53.4 Å². The molecule has 3 aliphatic carbocycles. The van der Waals surface area contributed by atoms with Gasteiger partial charge in [-0.2, -0.15) is 0 Å². The predicted molar refractivity (Wildman–Crippen MR) is 110 cm³/mol. The van der Waals surface area contributed by atoms with Crippen molar-refractivity contribution < 1.29 is 4.74 Å². The summed E-state index contributed by atoms with van der Waals surface area (Å²) in [5, 5.41) is 0. The molecule has 0 aromatic rings. The zero-order valence-electron chi connectivity index (χ0n) is 17.8. The Balaban J connectivity index is 0.00000109. The lowest BCUT2D eigenvalue weighted by molar-refractivity contribution is 0.00501. The Kier molecular flexibility index (Phi) is 9.89. The third kappa shape index (κ3) is 7.24. The summed E-state index contributed by atoms with van der Waals surface area (Å²) in [6, 6.07) is 0. The van der Waals surface area contributed by atoms with Crippen molar-refractivity contribution in [3.05, 3.63) is 0 Å². The molecule has 3 saturated carbocycles. The van der Waals surface area contributed by atoms with Crippen LogP contribution in [0.15, 0.2) is 0 Å². The molecule has 0 N–H and O–H groups in total. The summed E-state index contributed by atoms with van der Waals surface area (Å²) in [4.78, 5) is 0. The van der Waals surface area contributed by atoms with E-state index in [1.54, 1.807) is 0 Å². The van der Waals surface area contributed by atoms with Crippen molar-refractivity contribution in [2.75, 3.05) is 6.61 Å². The zero-order chi connectivity index (χ0) is 18.1. The SMILES string of the molecule is CC.CC1CCCC(OCC2CCC(C3CCC(C)CC3)CC2)CC1. The van der Waals surface area contributed by atoms with E-state index in [4.69, 9.17) is 4.74 Å². The summed E-state index contributed by atoms with van der Waals surface area (Å²) in [5.74, 6) is 4.92. The molecule has 0 aromatic heterocycles. The minimum Gasteiger partial charge on any atom is -0.378 e. The van der Waals surface area contributed by atoms with E-state index in [0.29, 0.717) is 6.10 Å². The maximum Gasteiger partial charge on any atom is 0.0575 e. The van der Waals surface area contributed by atoms with E-state index < -0.39 is 0 Å². The monoisotopic (exact) mass is 350 g/mol. The molecule has 25 heavy (non-hydrogen) atoms. The molecule has 3 fully saturated rings. The predicted octanol–water partition coefficient (Wildman–Crippen LogP) is 7.63. The largest absolute Gasteiger partial charge is 0.378 e. The highest BCUT2D eigenvalue weighted by Gasteiger charge is 2.30. The minimum atomic E-state index is 0.581. The second-order valence-corrected chi connectivity index (χ2v) is 9.37. The van der Waals surface area contributed by atoms with Crippen LogP contribution in [0.25, 0.3) is 0 Å². The van der Waals surface area contributed by atoms with Gasteiger partial charge in [0.2, 0.25) is 0 Å². The van der Waals surface area contributed by atoms with Gasteiger partial charge in [0.15, 0.2) is 0 Å². The van der Waals surface area contributed by atoms with E-state index >= 15 is 0 Å². The van der Waals surface area contributed by atoms with Gasteiger partial charge in [0.25, 0.3) is 0 Å². The lowest BCUT2D eigenvalue weighted by atomic mass is 9.69. The summed E-state index contributed by atoms with van der Waals surface area (Å²) in [7, 11) is 0. The first kappa shape index (κ1) is 21.3. The van der Waals surface area contributed by atoms with Crippen LogP contribution in [0.1, 0.15) is 111 Å². The quantitative estimate of drug-likeness (QED) is 0.473. The Hall–Kier alpha value is -0.0400. The Bertz CT molecular complexity index is 323. The first-order chi connectivity index (χ1) is 12.2. The topological polar surface area (TPSA) is 9.23 Å². The number of rotatable bonds is 4. The van der Waals surface area contributed by atoms with E-state index in [1.807, 2.05) is 13.8 Å². The van der Waals surface area contributed by atoms with Gasteiger partial charge in [-0.15, -0.1) is 0 Å². The third-order valence-corrected chi connectivity index (χ3v) is 7.39. The summed E-state index contributed by atoms with van der Waals surface area (Å²) in [6.45, 7) is 9.92. The fourth-order valence-corrected chi connectivity index (χ4v) is 5.48. The zero-order valence-corrected chi connectivity index (χ0v) is 17.8. The van der Waals surface area contributed by atoms with Gasteiger partial charge in [-0.3, -0.25) is 0 Å². The molecule has 0 amide bonds. The van der Waals surface area contributed by atoms with Gasteiger partial charge in [0, 0.05) is 6.61 Å². The molecular formula is C24H46O. The Morgan fingerprint density at radius 1 is 0.600 bits per heavy atom. The van der Waals surface area contributed by atoms with Crippen molar-refractivity contribution in [2.24, 2.45) is 29.6 Å². The first-order valence-corrected chi connectivity index (χ1v) is 11.8. The molecule has 0 radical (unpaired) electrons. The lowest BCUT2D eigenvalue weighted by Gasteiger charge is -2.37. The first-order valence-electron chi connectivity index (χ1n) is 11.8. The molecule has 2 atom stereocenters. The van der Waals surface area contributed by atoms with E-state index in [2.05, 4.69) is 13.8 Å². The molecule has 0 bridgehead atoms. The average molecular weight is 351 g/mol. The van der Waals surface area contributed by atoms with Crippen molar-refractivity contribution in [1.82, 2.24) is 0 Å². The average Bonchev–Trinajstić information content (AvgIpc) is 2.87. The minimum absolute atomic E-state index is 0.581. The van der Waals surface area contributed by atoms with E-state index in [1.165, 1.54) is 83.5 Å². The van der Waals surface area contributed by atoms with E-state index in [9.17, 15) is 0 Å². The van der Waals surface area contributed by atoms with E-state index in [-0.39, 0.29) is 0 Å². The maximum atomic E-state index is 6.35. The summed E-state index contributed by atoms with van der Waals surface area (Å²) < 4.78 is 6.35. The van der Waals surface area contributed by atoms with Crippen molar-refractivity contribution in [3.8, 4) is 0 Å². The molecule has 2 unspecified atom stereocenters. The van der Waals surface area contributed by atoms with Crippen LogP contribution in [0.2, 0.25) is 0 Å². The standard InChI is InChI=1S/C22H40O.C2H6/c1-17-4-3-5-22(15-8-17)23-16-19-9-13-21(14-10-19)20-11-6-18(2)7-12-20;1-2/h17-22H,3-16H2,1-2H3;1-2H3. The van der Waals surface area contributed by atoms with Crippen molar-refractivity contribution in [1.29, 1.82) is 0 Å². The number of ether oxygens (including phenoxy) is 1. The fraction of sp³-hybridized carbons (Fsp3) is 1.00. The summed E-state index contributed by atoms with van der Waals surface area (Å²) >= 11 is 0. The Labute approximate surface area is 158 Å². The highest BCUT2D eigenvalue weighted by atomic mass is 16.5. The maximum absolute atomic E-state index is 6.35. The molecule has 0 aliphatic heterocycles. The van der Waals surface area contributed by atoms with Crippen molar-refractivity contribution in [3.63, 3.8) is 0 Å². The summed E-state index contributed by atoms with van der Waals surface area (Å²) in [6.07, 6.45) is 19.3. The molecular weight excluding hydrogens is 304 g/mol. The molecule has 3 aliphatic rings. The molecule has 0 heterocycles. The molecule has 3 rings (SSSR count). The molecule has 1 heteroatoms. The second kappa shape index (κ2) is 11.6. The van der Waals surface area contributed by atoms with Crippen LogP contribution >= 0.6 is 0 Å². The normalized spacial score (nSPS) is 39.8. The second-order valence-electron chi connectivity index (χ2n) is 9.37. The van der Waals surface area contributed by atoms with E-state index in [0.717, 1.165) is 36.2 Å². The Morgan fingerprint density at radius 3 is 1.76 bits per heavy atom. The highest BCUT2D eigenvalue weighted by molar-refractivity contribution is 4.81. The van der Waals surface area contributed by atoms with Crippen LogP contribution in [0.5, 0.6) is 0 Å². The highest BCUT2D eigenvalue weighted by Crippen LogP contribution is 2.41. The lowest BCUT2D eigenvalue weighted by Crippen LogP contribution is -2.27. The Morgan fingerprint density at radius 2 is 1.12 bits per heavy atom. The number of hydrogen-bond acceptors (Lipinski definition) is 1.